The highest BCUT2D eigenvalue weighted by molar-refractivity contribution is 6.05. The normalized spacial score (nSPS) is 17.5. The van der Waals surface area contributed by atoms with Gasteiger partial charge >= 0.3 is 0 Å². The van der Waals surface area contributed by atoms with E-state index >= 15 is 0 Å². The maximum atomic E-state index is 13.4. The highest BCUT2D eigenvalue weighted by Crippen LogP contribution is 2.50. The number of amides is 1. The summed E-state index contributed by atoms with van der Waals surface area (Å²) >= 11 is 0. The van der Waals surface area contributed by atoms with Gasteiger partial charge in [0.15, 0.2) is 29.0 Å². The summed E-state index contributed by atoms with van der Waals surface area (Å²) in [7, 11) is 5.94. The van der Waals surface area contributed by atoms with E-state index < -0.39 is 12.1 Å². The number of nitrogens with zero attached hydrogens (tertiary/aromatic N) is 4. The molecule has 33 heavy (non-hydrogen) atoms. The molecule has 0 aliphatic carbocycles. The van der Waals surface area contributed by atoms with Crippen molar-refractivity contribution in [2.45, 2.75) is 18.7 Å². The van der Waals surface area contributed by atoms with E-state index in [1.807, 2.05) is 0 Å². The number of carbonyl (C=O) groups excluding carboxylic acids is 1. The van der Waals surface area contributed by atoms with Crippen LogP contribution in [0.1, 0.15) is 23.3 Å². The van der Waals surface area contributed by atoms with Crippen LogP contribution in [0.3, 0.4) is 0 Å². The summed E-state index contributed by atoms with van der Waals surface area (Å²) in [4.78, 5) is 14.9. The van der Waals surface area contributed by atoms with E-state index in [2.05, 4.69) is 10.3 Å². The molecule has 3 aromatic rings. The van der Waals surface area contributed by atoms with Crippen molar-refractivity contribution in [3.05, 3.63) is 47.8 Å². The maximum Gasteiger partial charge on any atom is 0.255 e. The van der Waals surface area contributed by atoms with Crippen LogP contribution < -0.4 is 23.8 Å². The van der Waals surface area contributed by atoms with Crippen molar-refractivity contribution in [2.75, 3.05) is 33.3 Å². The minimum absolute atomic E-state index is 0.0624. The van der Waals surface area contributed by atoms with E-state index in [9.17, 15) is 15.0 Å². The number of aliphatic hydroxyl groups is 1. The molecule has 1 aromatic heterocycles. The molecule has 0 bridgehead atoms. The number of methoxy groups -OCH3 is 4. The fourth-order valence-corrected chi connectivity index (χ4v) is 3.97. The summed E-state index contributed by atoms with van der Waals surface area (Å²) in [6.07, 6.45) is 1.52. The van der Waals surface area contributed by atoms with Gasteiger partial charge in [0, 0.05) is 12.1 Å². The number of carbonyl (C=O) groups is 1. The molecule has 0 saturated carbocycles. The van der Waals surface area contributed by atoms with Gasteiger partial charge in [0.2, 0.25) is 5.75 Å². The molecular weight excluding hydrogens is 432 g/mol. The number of phenolic OH excluding ortho intramolecular Hbond substituents is 1. The number of β-lactam (4-membered cyclic amide) rings is 1. The van der Waals surface area contributed by atoms with Crippen molar-refractivity contribution in [1.82, 2.24) is 15.0 Å². The van der Waals surface area contributed by atoms with Crippen LogP contribution in [-0.4, -0.2) is 59.6 Å². The minimum Gasteiger partial charge on any atom is -0.504 e. The zero-order valence-corrected chi connectivity index (χ0v) is 18.6. The van der Waals surface area contributed by atoms with Crippen LogP contribution in [0.5, 0.6) is 28.7 Å². The Morgan fingerprint density at radius 1 is 0.939 bits per heavy atom. The molecule has 4 rings (SSSR count). The van der Waals surface area contributed by atoms with Crippen LogP contribution in [0.15, 0.2) is 36.5 Å². The van der Waals surface area contributed by atoms with Crippen molar-refractivity contribution >= 4 is 11.6 Å². The van der Waals surface area contributed by atoms with Gasteiger partial charge in [0.05, 0.1) is 53.0 Å². The van der Waals surface area contributed by atoms with Crippen molar-refractivity contribution in [3.63, 3.8) is 0 Å². The Labute approximate surface area is 189 Å². The lowest BCUT2D eigenvalue weighted by Crippen LogP contribution is -2.56. The largest absolute Gasteiger partial charge is 0.504 e. The highest BCUT2D eigenvalue weighted by atomic mass is 16.5. The Hall–Kier alpha value is -3.99. The standard InChI is InChI=1S/C22H24N4O7/c1-30-16-6-5-12(7-15(16)28)19-20(25-10-13(11-27)23-24-25)22(29)26(19)14-8-17(31-2)21(33-4)18(9-14)32-3/h5-10,19-20,27-28H,11H2,1-4H3/t19-,20-/m0/s1. The second-order valence-corrected chi connectivity index (χ2v) is 7.26. The molecule has 1 aliphatic heterocycles. The number of hydrogen-bond donors (Lipinski definition) is 2. The molecule has 2 heterocycles. The zero-order valence-electron chi connectivity index (χ0n) is 18.6. The molecule has 1 fully saturated rings. The SMILES string of the molecule is COc1ccc([C@H]2[C@H](n3cc(CO)nn3)C(=O)N2c2cc(OC)c(OC)c(OC)c2)cc1O. The molecule has 2 atom stereocenters. The van der Waals surface area contributed by atoms with Gasteiger partial charge in [-0.25, -0.2) is 4.68 Å². The molecule has 1 aliphatic rings. The van der Waals surface area contributed by atoms with Gasteiger partial charge in [-0.15, -0.1) is 5.10 Å². The van der Waals surface area contributed by atoms with Crippen LogP contribution in [0.2, 0.25) is 0 Å². The van der Waals surface area contributed by atoms with E-state index in [-0.39, 0.29) is 18.3 Å². The second-order valence-electron chi connectivity index (χ2n) is 7.26. The van der Waals surface area contributed by atoms with Crippen molar-refractivity contribution in [1.29, 1.82) is 0 Å². The molecule has 0 spiro atoms. The first kappa shape index (κ1) is 22.2. The first-order valence-corrected chi connectivity index (χ1v) is 9.98. The third-order valence-corrected chi connectivity index (χ3v) is 5.54. The van der Waals surface area contributed by atoms with Crippen molar-refractivity contribution in [3.8, 4) is 28.7 Å². The Morgan fingerprint density at radius 3 is 2.12 bits per heavy atom. The Morgan fingerprint density at radius 2 is 1.61 bits per heavy atom. The van der Waals surface area contributed by atoms with Gasteiger partial charge in [-0.2, -0.15) is 0 Å². The van der Waals surface area contributed by atoms with Gasteiger partial charge in [-0.3, -0.25) is 9.69 Å². The fraction of sp³-hybridized carbons (Fsp3) is 0.318. The van der Waals surface area contributed by atoms with Crippen LogP contribution in [0.4, 0.5) is 5.69 Å². The molecule has 0 radical (unpaired) electrons. The number of aromatic nitrogens is 3. The molecule has 1 amide bonds. The lowest BCUT2D eigenvalue weighted by molar-refractivity contribution is -0.129. The topological polar surface area (TPSA) is 128 Å². The summed E-state index contributed by atoms with van der Waals surface area (Å²) in [5.41, 5.74) is 1.49. The lowest BCUT2D eigenvalue weighted by Gasteiger charge is -2.47. The van der Waals surface area contributed by atoms with E-state index in [0.717, 1.165) is 0 Å². The van der Waals surface area contributed by atoms with Crippen LogP contribution in [0.25, 0.3) is 0 Å². The number of hydrogen-bond acceptors (Lipinski definition) is 9. The van der Waals surface area contributed by atoms with E-state index in [1.165, 1.54) is 45.4 Å². The van der Waals surface area contributed by atoms with E-state index in [4.69, 9.17) is 18.9 Å². The van der Waals surface area contributed by atoms with Gasteiger partial charge in [-0.05, 0) is 17.7 Å². The number of benzene rings is 2. The van der Waals surface area contributed by atoms with Crippen LogP contribution in [-0.2, 0) is 11.4 Å². The molecule has 174 valence electrons. The number of aromatic hydroxyl groups is 1. The number of rotatable bonds is 8. The summed E-state index contributed by atoms with van der Waals surface area (Å²) < 4.78 is 22.8. The number of anilines is 1. The quantitative estimate of drug-likeness (QED) is 0.488. The number of aliphatic hydroxyl groups excluding tert-OH is 1. The van der Waals surface area contributed by atoms with Crippen LogP contribution >= 0.6 is 0 Å². The molecule has 0 unspecified atom stereocenters. The molecular formula is C22H24N4O7. The highest BCUT2D eigenvalue weighted by Gasteiger charge is 2.51. The monoisotopic (exact) mass is 456 g/mol. The lowest BCUT2D eigenvalue weighted by atomic mass is 9.87. The van der Waals surface area contributed by atoms with Gasteiger partial charge < -0.3 is 29.2 Å². The maximum absolute atomic E-state index is 13.4. The van der Waals surface area contributed by atoms with Gasteiger partial charge in [0.25, 0.3) is 5.91 Å². The first-order valence-electron chi connectivity index (χ1n) is 9.98. The minimum atomic E-state index is -0.746. The van der Waals surface area contributed by atoms with E-state index in [1.54, 1.807) is 29.2 Å². The molecule has 11 nitrogen and oxygen atoms in total. The molecule has 2 N–H and O–H groups in total. The summed E-state index contributed by atoms with van der Waals surface area (Å²) in [6.45, 7) is -0.300. The third kappa shape index (κ3) is 3.65. The molecule has 2 aromatic carbocycles. The number of ether oxygens (including phenoxy) is 4. The first-order chi connectivity index (χ1) is 16.0. The fourth-order valence-electron chi connectivity index (χ4n) is 3.97. The molecule has 1 saturated heterocycles. The number of phenols is 1. The van der Waals surface area contributed by atoms with E-state index in [0.29, 0.717) is 39.9 Å². The van der Waals surface area contributed by atoms with Crippen LogP contribution in [0, 0.1) is 0 Å². The average Bonchev–Trinajstić information content (AvgIpc) is 3.29. The second kappa shape index (κ2) is 8.87. The Kier molecular flexibility index (Phi) is 5.97. The Bertz CT molecular complexity index is 1150. The van der Waals surface area contributed by atoms with Crippen molar-refractivity contribution < 1.29 is 34.0 Å². The molecule has 11 heteroatoms. The summed E-state index contributed by atoms with van der Waals surface area (Å²) in [5.74, 6) is 1.16. The smallest absolute Gasteiger partial charge is 0.255 e. The van der Waals surface area contributed by atoms with Crippen molar-refractivity contribution in [2.24, 2.45) is 0 Å². The zero-order chi connectivity index (χ0) is 23.7. The predicted molar refractivity (Wildman–Crippen MR) is 116 cm³/mol. The predicted octanol–water partition coefficient (Wildman–Crippen LogP) is 1.84. The summed E-state index contributed by atoms with van der Waals surface area (Å²) in [5, 5.41) is 27.6. The Balaban J connectivity index is 1.83. The summed E-state index contributed by atoms with van der Waals surface area (Å²) in [6, 6.07) is 6.97. The van der Waals surface area contributed by atoms with Gasteiger partial charge in [0.1, 0.15) is 5.69 Å². The third-order valence-electron chi connectivity index (χ3n) is 5.54. The van der Waals surface area contributed by atoms with Gasteiger partial charge in [-0.1, -0.05) is 11.3 Å². The average molecular weight is 456 g/mol.